The van der Waals surface area contributed by atoms with E-state index in [0.29, 0.717) is 35.7 Å². The zero-order chi connectivity index (χ0) is 20.3. The Hall–Kier alpha value is -2.58. The summed E-state index contributed by atoms with van der Waals surface area (Å²) in [5.74, 6) is 0.508. The smallest absolute Gasteiger partial charge is 0.262 e. The molecule has 2 aromatic rings. The van der Waals surface area contributed by atoms with Crippen molar-refractivity contribution in [2.75, 3.05) is 45.1 Å². The second-order valence-electron chi connectivity index (χ2n) is 7.06. The Morgan fingerprint density at radius 1 is 1.11 bits per heavy atom. The standard InChI is InChI=1S/C20H25N3O4S/c1-15-4-5-16(20(24)23-12-10-22(2)11-13-23)14-19(15)28(25,26)21-17-6-8-18(27-3)9-7-17/h4-9,14,21H,10-13H2,1-3H3/p+1. The molecule has 3 rings (SSSR count). The summed E-state index contributed by atoms with van der Waals surface area (Å²) >= 11 is 0. The fraction of sp³-hybridized carbons (Fsp3) is 0.350. The molecular weight excluding hydrogens is 378 g/mol. The summed E-state index contributed by atoms with van der Waals surface area (Å²) in [7, 11) is -0.176. The van der Waals surface area contributed by atoms with Gasteiger partial charge in [-0.05, 0) is 48.9 Å². The van der Waals surface area contributed by atoms with E-state index in [2.05, 4.69) is 11.8 Å². The number of methoxy groups -OCH3 is 1. The maximum absolute atomic E-state index is 12.9. The van der Waals surface area contributed by atoms with Gasteiger partial charge in [-0.1, -0.05) is 6.07 Å². The summed E-state index contributed by atoms with van der Waals surface area (Å²) in [5, 5.41) is 0. The maximum atomic E-state index is 12.9. The second-order valence-corrected chi connectivity index (χ2v) is 8.71. The molecule has 1 saturated heterocycles. The fourth-order valence-corrected chi connectivity index (χ4v) is 4.50. The van der Waals surface area contributed by atoms with Crippen LogP contribution in [0.3, 0.4) is 0 Å². The molecule has 0 spiro atoms. The summed E-state index contributed by atoms with van der Waals surface area (Å²) in [4.78, 5) is 16.1. The summed E-state index contributed by atoms with van der Waals surface area (Å²) in [6.45, 7) is 4.84. The Kier molecular flexibility index (Phi) is 5.90. The van der Waals surface area contributed by atoms with Crippen molar-refractivity contribution in [2.24, 2.45) is 0 Å². The van der Waals surface area contributed by atoms with E-state index in [0.717, 1.165) is 13.1 Å². The lowest BCUT2D eigenvalue weighted by molar-refractivity contribution is -0.883. The topological polar surface area (TPSA) is 80.1 Å². The van der Waals surface area contributed by atoms with Gasteiger partial charge in [-0.15, -0.1) is 0 Å². The molecular formula is C20H26N3O4S+. The van der Waals surface area contributed by atoms with Gasteiger partial charge < -0.3 is 14.5 Å². The molecule has 1 heterocycles. The van der Waals surface area contributed by atoms with Crippen molar-refractivity contribution in [3.8, 4) is 5.75 Å². The lowest BCUT2D eigenvalue weighted by atomic mass is 10.1. The SMILES string of the molecule is COc1ccc(NS(=O)(=O)c2cc(C(=O)N3CC[NH+](C)CC3)ccc2C)cc1. The first kappa shape index (κ1) is 20.2. The summed E-state index contributed by atoms with van der Waals surface area (Å²) < 4.78 is 33.5. The van der Waals surface area contributed by atoms with E-state index in [1.54, 1.807) is 55.3 Å². The van der Waals surface area contributed by atoms with Gasteiger partial charge in [0.2, 0.25) is 0 Å². The minimum Gasteiger partial charge on any atom is -0.497 e. The lowest BCUT2D eigenvalue weighted by Crippen LogP contribution is -3.12. The first-order valence-corrected chi connectivity index (χ1v) is 10.7. The highest BCUT2D eigenvalue weighted by molar-refractivity contribution is 7.92. The molecule has 0 atom stereocenters. The largest absolute Gasteiger partial charge is 0.497 e. The van der Waals surface area contributed by atoms with E-state index in [4.69, 9.17) is 4.74 Å². The molecule has 1 fully saturated rings. The number of carbonyl (C=O) groups excluding carboxylic acids is 1. The van der Waals surface area contributed by atoms with Crippen LogP contribution >= 0.6 is 0 Å². The zero-order valence-electron chi connectivity index (χ0n) is 16.4. The number of quaternary nitrogens is 1. The quantitative estimate of drug-likeness (QED) is 0.772. The van der Waals surface area contributed by atoms with Crippen molar-refractivity contribution in [3.63, 3.8) is 0 Å². The number of rotatable bonds is 5. The molecule has 0 radical (unpaired) electrons. The first-order chi connectivity index (χ1) is 13.3. The Bertz CT molecular complexity index is 950. The van der Waals surface area contributed by atoms with Crippen LogP contribution in [0.5, 0.6) is 5.75 Å². The first-order valence-electron chi connectivity index (χ1n) is 9.18. The van der Waals surface area contributed by atoms with Crippen LogP contribution in [0.25, 0.3) is 0 Å². The fourth-order valence-electron chi connectivity index (χ4n) is 3.17. The van der Waals surface area contributed by atoms with Crippen LogP contribution in [-0.2, 0) is 10.0 Å². The second kappa shape index (κ2) is 8.20. The Balaban J connectivity index is 1.84. The molecule has 1 aliphatic heterocycles. The van der Waals surface area contributed by atoms with Crippen molar-refractivity contribution in [1.29, 1.82) is 0 Å². The number of carbonyl (C=O) groups is 1. The van der Waals surface area contributed by atoms with Gasteiger partial charge in [0.25, 0.3) is 15.9 Å². The molecule has 28 heavy (non-hydrogen) atoms. The minimum absolute atomic E-state index is 0.105. The minimum atomic E-state index is -3.82. The monoisotopic (exact) mass is 404 g/mol. The number of sulfonamides is 1. The van der Waals surface area contributed by atoms with E-state index in [-0.39, 0.29) is 10.8 Å². The van der Waals surface area contributed by atoms with Gasteiger partial charge in [-0.3, -0.25) is 9.52 Å². The number of piperazine rings is 1. The predicted molar refractivity (Wildman–Crippen MR) is 108 cm³/mol. The van der Waals surface area contributed by atoms with Crippen LogP contribution in [0.1, 0.15) is 15.9 Å². The number of nitrogens with one attached hydrogen (secondary N) is 2. The Labute approximate surface area is 166 Å². The highest BCUT2D eigenvalue weighted by Gasteiger charge is 2.25. The third kappa shape index (κ3) is 4.45. The Morgan fingerprint density at radius 3 is 2.36 bits per heavy atom. The molecule has 150 valence electrons. The van der Waals surface area contributed by atoms with Gasteiger partial charge in [0.1, 0.15) is 5.75 Å². The third-order valence-corrected chi connectivity index (χ3v) is 6.49. The number of amides is 1. The van der Waals surface area contributed by atoms with Crippen LogP contribution in [0, 0.1) is 6.92 Å². The predicted octanol–water partition coefficient (Wildman–Crippen LogP) is 0.775. The summed E-state index contributed by atoms with van der Waals surface area (Å²) in [6, 6.07) is 11.5. The number of hydrogen-bond donors (Lipinski definition) is 2. The van der Waals surface area contributed by atoms with Gasteiger partial charge in [-0.25, -0.2) is 8.42 Å². The molecule has 0 aliphatic carbocycles. The molecule has 0 aromatic heterocycles. The zero-order valence-corrected chi connectivity index (χ0v) is 17.2. The van der Waals surface area contributed by atoms with E-state index in [9.17, 15) is 13.2 Å². The third-order valence-electron chi connectivity index (χ3n) is 4.97. The average Bonchev–Trinajstić information content (AvgIpc) is 2.68. The van der Waals surface area contributed by atoms with Crippen LogP contribution in [0.4, 0.5) is 5.69 Å². The van der Waals surface area contributed by atoms with Crippen LogP contribution in [0.15, 0.2) is 47.4 Å². The van der Waals surface area contributed by atoms with Gasteiger partial charge >= 0.3 is 0 Å². The van der Waals surface area contributed by atoms with Crippen molar-refractivity contribution in [1.82, 2.24) is 4.90 Å². The van der Waals surface area contributed by atoms with Crippen molar-refractivity contribution in [2.45, 2.75) is 11.8 Å². The molecule has 1 amide bonds. The number of ether oxygens (including phenoxy) is 1. The number of benzene rings is 2. The Morgan fingerprint density at radius 2 is 1.75 bits per heavy atom. The van der Waals surface area contributed by atoms with Gasteiger partial charge in [-0.2, -0.15) is 0 Å². The molecule has 2 aromatic carbocycles. The molecule has 0 unspecified atom stereocenters. The van der Waals surface area contributed by atoms with Gasteiger partial charge in [0.15, 0.2) is 0 Å². The van der Waals surface area contributed by atoms with Crippen molar-refractivity contribution in [3.05, 3.63) is 53.6 Å². The van der Waals surface area contributed by atoms with E-state index in [1.165, 1.54) is 11.0 Å². The van der Waals surface area contributed by atoms with Gasteiger partial charge in [0.05, 0.1) is 45.2 Å². The average molecular weight is 405 g/mol. The molecule has 1 aliphatic rings. The van der Waals surface area contributed by atoms with Crippen LogP contribution in [-0.4, -0.2) is 59.6 Å². The molecule has 8 heteroatoms. The number of anilines is 1. The molecule has 0 saturated carbocycles. The summed E-state index contributed by atoms with van der Waals surface area (Å²) in [5.41, 5.74) is 1.40. The van der Waals surface area contributed by atoms with Crippen molar-refractivity contribution >= 4 is 21.6 Å². The number of aryl methyl sites for hydroxylation is 1. The lowest BCUT2D eigenvalue weighted by Gasteiger charge is -2.30. The normalized spacial score (nSPS) is 15.3. The maximum Gasteiger partial charge on any atom is 0.262 e. The van der Waals surface area contributed by atoms with Crippen molar-refractivity contribution < 1.29 is 22.8 Å². The summed E-state index contributed by atoms with van der Waals surface area (Å²) in [6.07, 6.45) is 0. The van der Waals surface area contributed by atoms with E-state index in [1.807, 2.05) is 0 Å². The van der Waals surface area contributed by atoms with Gasteiger partial charge in [0, 0.05) is 11.3 Å². The van der Waals surface area contributed by atoms with E-state index >= 15 is 0 Å². The number of likely N-dealkylation sites (N-methyl/N-ethyl adjacent to an activating group) is 1. The van der Waals surface area contributed by atoms with Crippen LogP contribution in [0.2, 0.25) is 0 Å². The van der Waals surface area contributed by atoms with Crippen LogP contribution < -0.4 is 14.4 Å². The highest BCUT2D eigenvalue weighted by Crippen LogP contribution is 2.23. The highest BCUT2D eigenvalue weighted by atomic mass is 32.2. The number of nitrogens with zero attached hydrogens (tertiary/aromatic N) is 1. The molecule has 2 N–H and O–H groups in total. The van der Waals surface area contributed by atoms with E-state index < -0.39 is 10.0 Å². The molecule has 0 bridgehead atoms. The molecule has 7 nitrogen and oxygen atoms in total. The number of hydrogen-bond acceptors (Lipinski definition) is 4.